The number of benzene rings is 1. The Hall–Kier alpha value is -0.860. The molecule has 2 atom stereocenters. The first-order chi connectivity index (χ1) is 12.2. The van der Waals surface area contributed by atoms with Gasteiger partial charge < -0.3 is 15.4 Å². The second-order valence-corrected chi connectivity index (χ2v) is 7.38. The molecule has 1 aromatic rings. The lowest BCUT2D eigenvalue weighted by Gasteiger charge is -2.29. The standard InChI is InChI=1S/C20H32N4O.HI/c1-20(11-8-14-25-20)16-23-19(21-2)22-15-18(24-12-6-7-13-24)17-9-4-3-5-10-17;/h3-5,9-10,18H,6-8,11-16H2,1-2H3,(H2,21,22,23);1H. The molecule has 2 N–H and O–H groups in total. The van der Waals surface area contributed by atoms with Crippen molar-refractivity contribution in [1.29, 1.82) is 0 Å². The first-order valence-corrected chi connectivity index (χ1v) is 9.58. The molecule has 0 saturated carbocycles. The van der Waals surface area contributed by atoms with Crippen molar-refractivity contribution in [3.05, 3.63) is 35.9 Å². The summed E-state index contributed by atoms with van der Waals surface area (Å²) >= 11 is 0. The Kier molecular flexibility index (Phi) is 8.63. The highest BCUT2D eigenvalue weighted by molar-refractivity contribution is 14.0. The van der Waals surface area contributed by atoms with Crippen LogP contribution in [0.1, 0.15) is 44.2 Å². The maximum absolute atomic E-state index is 5.86. The number of hydrogen-bond donors (Lipinski definition) is 2. The van der Waals surface area contributed by atoms with E-state index in [0.717, 1.165) is 38.5 Å². The van der Waals surface area contributed by atoms with Crippen LogP contribution in [0.25, 0.3) is 0 Å². The van der Waals surface area contributed by atoms with Gasteiger partial charge >= 0.3 is 0 Å². The predicted octanol–water partition coefficient (Wildman–Crippen LogP) is 3.18. The van der Waals surface area contributed by atoms with Crippen molar-refractivity contribution in [3.63, 3.8) is 0 Å². The quantitative estimate of drug-likeness (QED) is 0.380. The normalized spacial score (nSPS) is 24.9. The largest absolute Gasteiger partial charge is 0.373 e. The summed E-state index contributed by atoms with van der Waals surface area (Å²) in [7, 11) is 1.83. The fraction of sp³-hybridized carbons (Fsp3) is 0.650. The first kappa shape index (κ1) is 21.4. The number of halogens is 1. The topological polar surface area (TPSA) is 48.9 Å². The first-order valence-electron chi connectivity index (χ1n) is 9.58. The van der Waals surface area contributed by atoms with Crippen LogP contribution in [0.5, 0.6) is 0 Å². The Morgan fingerprint density at radius 2 is 1.92 bits per heavy atom. The van der Waals surface area contributed by atoms with Gasteiger partial charge in [0.05, 0.1) is 11.6 Å². The molecule has 146 valence electrons. The number of hydrogen-bond acceptors (Lipinski definition) is 3. The van der Waals surface area contributed by atoms with Crippen molar-refractivity contribution in [2.24, 2.45) is 4.99 Å². The minimum atomic E-state index is -0.0641. The third-order valence-electron chi connectivity index (χ3n) is 5.38. The van der Waals surface area contributed by atoms with E-state index in [9.17, 15) is 0 Å². The molecule has 26 heavy (non-hydrogen) atoms. The molecule has 2 aliphatic rings. The van der Waals surface area contributed by atoms with Crippen LogP contribution in [0.15, 0.2) is 35.3 Å². The van der Waals surface area contributed by atoms with E-state index in [4.69, 9.17) is 4.74 Å². The zero-order valence-electron chi connectivity index (χ0n) is 16.0. The number of rotatable bonds is 6. The highest BCUT2D eigenvalue weighted by Gasteiger charge is 2.30. The maximum atomic E-state index is 5.86. The van der Waals surface area contributed by atoms with Crippen LogP contribution in [0.4, 0.5) is 0 Å². The summed E-state index contributed by atoms with van der Waals surface area (Å²) in [6.07, 6.45) is 4.85. The molecular formula is C20H33IN4O. The van der Waals surface area contributed by atoms with Crippen LogP contribution in [0.3, 0.4) is 0 Å². The molecule has 0 bridgehead atoms. The second-order valence-electron chi connectivity index (χ2n) is 7.38. The average molecular weight is 472 g/mol. The molecule has 0 aliphatic carbocycles. The molecule has 0 spiro atoms. The van der Waals surface area contributed by atoms with Crippen molar-refractivity contribution in [2.75, 3.05) is 39.8 Å². The van der Waals surface area contributed by atoms with E-state index in [1.54, 1.807) is 0 Å². The second kappa shape index (κ2) is 10.5. The fourth-order valence-corrected chi connectivity index (χ4v) is 3.85. The Balaban J connectivity index is 0.00000243. The van der Waals surface area contributed by atoms with Crippen LogP contribution in [-0.2, 0) is 4.74 Å². The van der Waals surface area contributed by atoms with Crippen molar-refractivity contribution >= 4 is 29.9 Å². The van der Waals surface area contributed by atoms with E-state index in [2.05, 4.69) is 57.8 Å². The van der Waals surface area contributed by atoms with Crippen molar-refractivity contribution in [3.8, 4) is 0 Å². The van der Waals surface area contributed by atoms with Crippen LogP contribution in [0.2, 0.25) is 0 Å². The fourth-order valence-electron chi connectivity index (χ4n) is 3.85. The van der Waals surface area contributed by atoms with E-state index in [1.807, 2.05) is 7.05 Å². The minimum Gasteiger partial charge on any atom is -0.373 e. The van der Waals surface area contributed by atoms with E-state index in [-0.39, 0.29) is 29.6 Å². The van der Waals surface area contributed by atoms with Gasteiger partial charge in [-0.1, -0.05) is 30.3 Å². The number of nitrogens with zero attached hydrogens (tertiary/aromatic N) is 2. The van der Waals surface area contributed by atoms with Crippen LogP contribution in [0, 0.1) is 0 Å². The summed E-state index contributed by atoms with van der Waals surface area (Å²) < 4.78 is 5.86. The SMILES string of the molecule is CN=C(NCC(c1ccccc1)N1CCCC1)NCC1(C)CCCO1.I. The summed E-state index contributed by atoms with van der Waals surface area (Å²) in [6.45, 7) is 7.07. The lowest BCUT2D eigenvalue weighted by Crippen LogP contribution is -2.47. The molecule has 1 aromatic carbocycles. The highest BCUT2D eigenvalue weighted by Crippen LogP contribution is 2.25. The van der Waals surface area contributed by atoms with Gasteiger partial charge in [0.2, 0.25) is 0 Å². The number of ether oxygens (including phenoxy) is 1. The summed E-state index contributed by atoms with van der Waals surface area (Å²) in [4.78, 5) is 6.97. The molecule has 5 nitrogen and oxygen atoms in total. The van der Waals surface area contributed by atoms with Crippen molar-refractivity contribution in [2.45, 2.75) is 44.2 Å². The Labute approximate surface area is 175 Å². The minimum absolute atomic E-state index is 0. The molecule has 0 aromatic heterocycles. The number of aliphatic imine (C=N–C) groups is 1. The van der Waals surface area contributed by atoms with E-state index in [0.29, 0.717) is 6.04 Å². The average Bonchev–Trinajstić information content (AvgIpc) is 3.31. The zero-order chi connectivity index (χ0) is 17.5. The molecule has 3 rings (SSSR count). The van der Waals surface area contributed by atoms with Crippen LogP contribution >= 0.6 is 24.0 Å². The van der Waals surface area contributed by atoms with Crippen LogP contribution < -0.4 is 10.6 Å². The van der Waals surface area contributed by atoms with Gasteiger partial charge in [-0.3, -0.25) is 9.89 Å². The Bertz CT molecular complexity index is 554. The molecule has 2 fully saturated rings. The van der Waals surface area contributed by atoms with E-state index in [1.165, 1.54) is 31.5 Å². The molecule has 0 amide bonds. The number of likely N-dealkylation sites (tertiary alicyclic amines) is 1. The lowest BCUT2D eigenvalue weighted by atomic mass is 10.0. The molecule has 0 radical (unpaired) electrons. The highest BCUT2D eigenvalue weighted by atomic mass is 127. The van der Waals surface area contributed by atoms with Gasteiger partial charge in [-0.25, -0.2) is 0 Å². The van der Waals surface area contributed by atoms with Gasteiger partial charge in [-0.15, -0.1) is 24.0 Å². The molecule has 6 heteroatoms. The van der Waals surface area contributed by atoms with Gasteiger partial charge in [0.15, 0.2) is 5.96 Å². The van der Waals surface area contributed by atoms with E-state index < -0.39 is 0 Å². The predicted molar refractivity (Wildman–Crippen MR) is 118 cm³/mol. The lowest BCUT2D eigenvalue weighted by molar-refractivity contribution is 0.0242. The monoisotopic (exact) mass is 472 g/mol. The zero-order valence-corrected chi connectivity index (χ0v) is 18.4. The molecule has 2 unspecified atom stereocenters. The summed E-state index contributed by atoms with van der Waals surface area (Å²) in [5.74, 6) is 0.858. The summed E-state index contributed by atoms with van der Waals surface area (Å²) in [6, 6.07) is 11.2. The number of guanidine groups is 1. The van der Waals surface area contributed by atoms with Gasteiger partial charge in [0.25, 0.3) is 0 Å². The summed E-state index contributed by atoms with van der Waals surface area (Å²) in [5, 5.41) is 6.97. The number of nitrogens with one attached hydrogen (secondary N) is 2. The molecular weight excluding hydrogens is 439 g/mol. The van der Waals surface area contributed by atoms with Gasteiger partial charge in [0.1, 0.15) is 0 Å². The molecule has 2 aliphatic heterocycles. The summed E-state index contributed by atoms with van der Waals surface area (Å²) in [5.41, 5.74) is 1.31. The van der Waals surface area contributed by atoms with Crippen LogP contribution in [-0.4, -0.2) is 56.3 Å². The maximum Gasteiger partial charge on any atom is 0.191 e. The van der Waals surface area contributed by atoms with Gasteiger partial charge in [-0.2, -0.15) is 0 Å². The Morgan fingerprint density at radius 3 is 2.54 bits per heavy atom. The van der Waals surface area contributed by atoms with E-state index >= 15 is 0 Å². The molecule has 2 saturated heterocycles. The van der Waals surface area contributed by atoms with Gasteiger partial charge in [0, 0.05) is 26.7 Å². The van der Waals surface area contributed by atoms with Gasteiger partial charge in [-0.05, 0) is 51.3 Å². The van der Waals surface area contributed by atoms with Crippen molar-refractivity contribution < 1.29 is 4.74 Å². The molecule has 2 heterocycles. The smallest absolute Gasteiger partial charge is 0.191 e. The van der Waals surface area contributed by atoms with Crippen molar-refractivity contribution in [1.82, 2.24) is 15.5 Å². The third-order valence-corrected chi connectivity index (χ3v) is 5.38. The Morgan fingerprint density at radius 1 is 1.19 bits per heavy atom. The third kappa shape index (κ3) is 5.82.